The molecule has 3 unspecified atom stereocenters. The van der Waals surface area contributed by atoms with E-state index in [4.69, 9.17) is 0 Å². The molecule has 0 fully saturated rings. The molecule has 2 nitrogen and oxygen atoms in total. The first kappa shape index (κ1) is 18.2. The second kappa shape index (κ2) is 7.40. The van der Waals surface area contributed by atoms with Crippen molar-refractivity contribution < 1.29 is 17.4 Å². The monoisotopic (exact) mass is 321 g/mol. The lowest BCUT2D eigenvalue weighted by atomic mass is 10.0. The average Bonchev–Trinajstić information content (AvgIpc) is 2.36. The van der Waals surface area contributed by atoms with E-state index in [1.165, 1.54) is 12.1 Å². The van der Waals surface area contributed by atoms with Crippen molar-refractivity contribution >= 4 is 10.8 Å². The molecule has 0 aliphatic heterocycles. The van der Waals surface area contributed by atoms with Gasteiger partial charge in [-0.1, -0.05) is 18.2 Å². The predicted molar refractivity (Wildman–Crippen MR) is 80.8 cm³/mol. The fraction of sp³-hybridized carbons (Fsp3) is 0.600. The minimum atomic E-state index is -4.31. The van der Waals surface area contributed by atoms with Crippen molar-refractivity contribution in [1.82, 2.24) is 4.90 Å². The summed E-state index contributed by atoms with van der Waals surface area (Å²) in [6, 6.07) is 5.63. The number of halogens is 3. The molecular formula is C15H22F3NOS. The van der Waals surface area contributed by atoms with Gasteiger partial charge in [-0.3, -0.25) is 9.11 Å². The third-order valence-corrected chi connectivity index (χ3v) is 4.60. The second-order valence-corrected chi connectivity index (χ2v) is 6.99. The molecule has 0 spiro atoms. The van der Waals surface area contributed by atoms with Crippen LogP contribution in [0.1, 0.15) is 25.0 Å². The molecule has 0 saturated heterocycles. The van der Waals surface area contributed by atoms with Gasteiger partial charge in [0.15, 0.2) is 0 Å². The summed E-state index contributed by atoms with van der Waals surface area (Å²) < 4.78 is 49.3. The van der Waals surface area contributed by atoms with Gasteiger partial charge in [0.25, 0.3) is 0 Å². The molecule has 0 saturated carbocycles. The molecule has 0 N–H and O–H groups in total. The Labute approximate surface area is 126 Å². The van der Waals surface area contributed by atoms with Crippen LogP contribution in [0.5, 0.6) is 0 Å². The maximum absolute atomic E-state index is 12.7. The molecule has 1 rings (SSSR count). The Balaban J connectivity index is 2.74. The van der Waals surface area contributed by atoms with E-state index >= 15 is 0 Å². The second-order valence-electron chi connectivity index (χ2n) is 5.51. The lowest BCUT2D eigenvalue weighted by Gasteiger charge is -2.30. The molecular weight excluding hydrogens is 299 g/mol. The molecule has 0 heterocycles. The van der Waals surface area contributed by atoms with Crippen LogP contribution >= 0.6 is 0 Å². The van der Waals surface area contributed by atoms with Crippen molar-refractivity contribution in [2.45, 2.75) is 38.5 Å². The molecule has 0 amide bonds. The largest absolute Gasteiger partial charge is 0.416 e. The summed E-state index contributed by atoms with van der Waals surface area (Å²) in [5.74, 6) is 0.559. The smallest absolute Gasteiger partial charge is 0.300 e. The third kappa shape index (κ3) is 5.79. The number of benzene rings is 1. The molecule has 0 aliphatic carbocycles. The average molecular weight is 321 g/mol. The van der Waals surface area contributed by atoms with Gasteiger partial charge < -0.3 is 0 Å². The van der Waals surface area contributed by atoms with Crippen molar-refractivity contribution in [3.63, 3.8) is 0 Å². The zero-order valence-electron chi connectivity index (χ0n) is 12.8. The van der Waals surface area contributed by atoms with E-state index in [-0.39, 0.29) is 12.1 Å². The highest BCUT2D eigenvalue weighted by atomic mass is 32.2. The van der Waals surface area contributed by atoms with Gasteiger partial charge in [0, 0.05) is 34.9 Å². The Hall–Kier alpha value is -0.880. The first-order valence-electron chi connectivity index (χ1n) is 6.79. The Morgan fingerprint density at radius 2 is 1.86 bits per heavy atom. The topological polar surface area (TPSA) is 20.3 Å². The molecule has 0 radical (unpaired) electrons. The third-order valence-electron chi connectivity index (χ3n) is 3.65. The Morgan fingerprint density at radius 3 is 2.38 bits per heavy atom. The lowest BCUT2D eigenvalue weighted by molar-refractivity contribution is -0.137. The fourth-order valence-electron chi connectivity index (χ4n) is 2.25. The van der Waals surface area contributed by atoms with Crippen LogP contribution in [0.2, 0.25) is 0 Å². The summed E-state index contributed by atoms with van der Waals surface area (Å²) >= 11 is 0. The number of likely N-dealkylation sites (N-methyl/N-ethyl adjacent to an activating group) is 1. The minimum absolute atomic E-state index is 0.0760. The van der Waals surface area contributed by atoms with Crippen molar-refractivity contribution in [2.75, 3.05) is 19.1 Å². The number of hydrogen-bond donors (Lipinski definition) is 0. The van der Waals surface area contributed by atoms with E-state index < -0.39 is 22.5 Å². The van der Waals surface area contributed by atoms with E-state index in [9.17, 15) is 17.4 Å². The van der Waals surface area contributed by atoms with Crippen molar-refractivity contribution in [3.05, 3.63) is 35.4 Å². The highest BCUT2D eigenvalue weighted by Crippen LogP contribution is 2.29. The quantitative estimate of drug-likeness (QED) is 0.801. The summed E-state index contributed by atoms with van der Waals surface area (Å²) in [5.41, 5.74) is 0.0477. The van der Waals surface area contributed by atoms with Gasteiger partial charge >= 0.3 is 6.18 Å². The van der Waals surface area contributed by atoms with Gasteiger partial charge in [0.1, 0.15) is 0 Å². The van der Waals surface area contributed by atoms with Gasteiger partial charge in [-0.2, -0.15) is 13.2 Å². The minimum Gasteiger partial charge on any atom is -0.300 e. The van der Waals surface area contributed by atoms with Crippen LogP contribution in [-0.4, -0.2) is 40.2 Å². The summed E-state index contributed by atoms with van der Waals surface area (Å²) in [7, 11) is 1.03. The Kier molecular flexibility index (Phi) is 6.41. The molecule has 21 heavy (non-hydrogen) atoms. The van der Waals surface area contributed by atoms with E-state index in [0.29, 0.717) is 17.7 Å². The number of alkyl halides is 3. The molecule has 1 aromatic rings. The molecule has 3 atom stereocenters. The van der Waals surface area contributed by atoms with Crippen LogP contribution in [0.4, 0.5) is 13.2 Å². The highest BCUT2D eigenvalue weighted by molar-refractivity contribution is 7.84. The summed E-state index contributed by atoms with van der Waals surface area (Å²) in [6.45, 7) is 3.94. The summed E-state index contributed by atoms with van der Waals surface area (Å²) in [5, 5.41) is 0. The van der Waals surface area contributed by atoms with Crippen LogP contribution in [0.3, 0.4) is 0 Å². The number of hydrogen-bond acceptors (Lipinski definition) is 2. The molecule has 120 valence electrons. The van der Waals surface area contributed by atoms with Gasteiger partial charge in [0.2, 0.25) is 0 Å². The van der Waals surface area contributed by atoms with Crippen LogP contribution in [0.25, 0.3) is 0 Å². The SMILES string of the molecule is CC(Cc1cccc(C(F)(F)F)c1)N(C)C(C)CS(C)=O. The fourth-order valence-corrected chi connectivity index (χ4v) is 3.17. The van der Waals surface area contributed by atoms with Gasteiger partial charge in [-0.25, -0.2) is 0 Å². The summed E-state index contributed by atoms with van der Waals surface area (Å²) in [4.78, 5) is 2.06. The zero-order chi connectivity index (χ0) is 16.2. The normalized spacial score (nSPS) is 16.8. The lowest BCUT2D eigenvalue weighted by Crippen LogP contribution is -2.40. The predicted octanol–water partition coefficient (Wildman–Crippen LogP) is 3.34. The van der Waals surface area contributed by atoms with Gasteiger partial charge in [-0.15, -0.1) is 0 Å². The summed E-state index contributed by atoms with van der Waals surface area (Å²) in [6.07, 6.45) is -2.12. The molecule has 0 bridgehead atoms. The Morgan fingerprint density at radius 1 is 1.24 bits per heavy atom. The standard InChI is InChI=1S/C15H22F3NOS/c1-11(19(3)12(2)10-21(4)20)8-13-6-5-7-14(9-13)15(16,17)18/h5-7,9,11-12H,8,10H2,1-4H3. The van der Waals surface area contributed by atoms with Crippen LogP contribution in [0.15, 0.2) is 24.3 Å². The zero-order valence-corrected chi connectivity index (χ0v) is 13.6. The highest BCUT2D eigenvalue weighted by Gasteiger charge is 2.30. The first-order chi connectivity index (χ1) is 9.61. The van der Waals surface area contributed by atoms with E-state index in [1.807, 2.05) is 20.9 Å². The molecule has 0 aliphatic rings. The maximum Gasteiger partial charge on any atom is 0.416 e. The molecule has 1 aromatic carbocycles. The van der Waals surface area contributed by atoms with Gasteiger partial charge in [0.05, 0.1) is 5.56 Å². The van der Waals surface area contributed by atoms with Crippen LogP contribution in [-0.2, 0) is 23.4 Å². The van der Waals surface area contributed by atoms with Gasteiger partial charge in [-0.05, 0) is 38.9 Å². The van der Waals surface area contributed by atoms with Crippen LogP contribution < -0.4 is 0 Å². The van der Waals surface area contributed by atoms with E-state index in [0.717, 1.165) is 6.07 Å². The molecule has 0 aromatic heterocycles. The van der Waals surface area contributed by atoms with E-state index in [1.54, 1.807) is 12.3 Å². The Bertz CT molecular complexity index is 490. The van der Waals surface area contributed by atoms with Crippen LogP contribution in [0, 0.1) is 0 Å². The van der Waals surface area contributed by atoms with Crippen molar-refractivity contribution in [2.24, 2.45) is 0 Å². The maximum atomic E-state index is 12.7. The van der Waals surface area contributed by atoms with Crippen molar-refractivity contribution in [3.8, 4) is 0 Å². The number of rotatable bonds is 6. The molecule has 6 heteroatoms. The van der Waals surface area contributed by atoms with E-state index in [2.05, 4.69) is 4.90 Å². The number of nitrogens with zero attached hydrogens (tertiary/aromatic N) is 1. The van der Waals surface area contributed by atoms with Crippen molar-refractivity contribution in [1.29, 1.82) is 0 Å². The first-order valence-corrected chi connectivity index (χ1v) is 8.52.